The average molecular weight is 494 g/mol. The van der Waals surface area contributed by atoms with E-state index in [1.165, 1.54) is 12.7 Å². The molecule has 0 aliphatic carbocycles. The lowest BCUT2D eigenvalue weighted by Gasteiger charge is -2.32. The van der Waals surface area contributed by atoms with E-state index in [1.54, 1.807) is 29.2 Å². The zero-order valence-electron chi connectivity index (χ0n) is 21.8. The van der Waals surface area contributed by atoms with Gasteiger partial charge in [-0.3, -0.25) is 4.90 Å². The zero-order valence-corrected chi connectivity index (χ0v) is 21.8. The molecule has 1 aliphatic rings. The highest BCUT2D eigenvalue weighted by atomic mass is 16.5. The van der Waals surface area contributed by atoms with Crippen LogP contribution in [0.3, 0.4) is 0 Å². The van der Waals surface area contributed by atoms with Gasteiger partial charge in [0.05, 0.1) is 12.7 Å². The summed E-state index contributed by atoms with van der Waals surface area (Å²) in [5.41, 5.74) is 4.28. The van der Waals surface area contributed by atoms with Crippen LogP contribution in [0.1, 0.15) is 22.8 Å². The topological polar surface area (TPSA) is 77.2 Å². The van der Waals surface area contributed by atoms with Crippen molar-refractivity contribution in [1.82, 2.24) is 15.1 Å². The van der Waals surface area contributed by atoms with Crippen LogP contribution < -0.4 is 15.5 Å². The largest absolute Gasteiger partial charge is 0.465 e. The molecule has 8 heteroatoms. The summed E-state index contributed by atoms with van der Waals surface area (Å²) >= 11 is 0. The van der Waals surface area contributed by atoms with Crippen LogP contribution in [0.2, 0.25) is 0 Å². The molecule has 2 amide bonds. The number of nitrogens with zero attached hydrogens (tertiary/aromatic N) is 3. The SMILES string of the molecule is C=C(CN1CCNCC1)CN(CCN(CC)c1cccc(C)c1)C(=O)Nc1cccc(C(=O)OC)c1. The number of benzene rings is 2. The van der Waals surface area contributed by atoms with Crippen LogP contribution in [0.5, 0.6) is 0 Å². The third-order valence-electron chi connectivity index (χ3n) is 6.28. The lowest BCUT2D eigenvalue weighted by Crippen LogP contribution is -2.46. The maximum absolute atomic E-state index is 13.4. The molecule has 0 atom stereocenters. The highest BCUT2D eigenvalue weighted by molar-refractivity contribution is 5.94. The maximum Gasteiger partial charge on any atom is 0.337 e. The second kappa shape index (κ2) is 13.7. The lowest BCUT2D eigenvalue weighted by molar-refractivity contribution is 0.0600. The predicted molar refractivity (Wildman–Crippen MR) is 146 cm³/mol. The van der Waals surface area contributed by atoms with Gasteiger partial charge in [-0.1, -0.05) is 24.8 Å². The van der Waals surface area contributed by atoms with E-state index in [2.05, 4.69) is 65.1 Å². The number of esters is 1. The first-order valence-electron chi connectivity index (χ1n) is 12.5. The molecule has 0 radical (unpaired) electrons. The van der Waals surface area contributed by atoms with E-state index in [-0.39, 0.29) is 6.03 Å². The molecular weight excluding hydrogens is 454 g/mol. The summed E-state index contributed by atoms with van der Waals surface area (Å²) in [6.45, 7) is 15.7. The standard InChI is InChI=1S/C28H39N5O3/c1-5-32(26-11-6-8-22(2)18-26)16-17-33(21-23(3)20-31-14-12-29-13-15-31)28(35)30-25-10-7-9-24(19-25)27(34)36-4/h6-11,18-19,29H,3,5,12-17,20-21H2,1-2,4H3,(H,30,35). The number of hydrogen-bond acceptors (Lipinski definition) is 6. The Labute approximate surface area is 214 Å². The molecule has 0 spiro atoms. The Morgan fingerprint density at radius 2 is 1.86 bits per heavy atom. The number of amides is 2. The van der Waals surface area contributed by atoms with Crippen molar-refractivity contribution in [2.24, 2.45) is 0 Å². The molecule has 1 heterocycles. The zero-order chi connectivity index (χ0) is 25.9. The molecule has 194 valence electrons. The Hall–Kier alpha value is -3.36. The second-order valence-corrected chi connectivity index (χ2v) is 9.12. The monoisotopic (exact) mass is 493 g/mol. The number of nitrogens with one attached hydrogen (secondary N) is 2. The van der Waals surface area contributed by atoms with E-state index in [0.717, 1.165) is 50.5 Å². The molecule has 8 nitrogen and oxygen atoms in total. The van der Waals surface area contributed by atoms with Crippen LogP contribution in [-0.4, -0.2) is 87.8 Å². The summed E-state index contributed by atoms with van der Waals surface area (Å²) in [6, 6.07) is 15.0. The van der Waals surface area contributed by atoms with Crippen molar-refractivity contribution in [3.8, 4) is 0 Å². The highest BCUT2D eigenvalue weighted by Gasteiger charge is 2.19. The van der Waals surface area contributed by atoms with E-state index >= 15 is 0 Å². The minimum absolute atomic E-state index is 0.223. The number of aryl methyl sites for hydroxylation is 1. The molecule has 1 aliphatic heterocycles. The highest BCUT2D eigenvalue weighted by Crippen LogP contribution is 2.17. The summed E-state index contributed by atoms with van der Waals surface area (Å²) < 4.78 is 4.81. The molecule has 3 rings (SSSR count). The first-order valence-corrected chi connectivity index (χ1v) is 12.5. The van der Waals surface area contributed by atoms with Crippen LogP contribution in [-0.2, 0) is 4.74 Å². The molecule has 0 aromatic heterocycles. The summed E-state index contributed by atoms with van der Waals surface area (Å²) in [6.07, 6.45) is 0. The van der Waals surface area contributed by atoms with Gasteiger partial charge in [0.25, 0.3) is 0 Å². The predicted octanol–water partition coefficient (Wildman–Crippen LogP) is 3.60. The van der Waals surface area contributed by atoms with Gasteiger partial charge < -0.3 is 25.2 Å². The smallest absolute Gasteiger partial charge is 0.337 e. The number of carbonyl (C=O) groups is 2. The van der Waals surface area contributed by atoms with Crippen molar-refractivity contribution in [1.29, 1.82) is 0 Å². The summed E-state index contributed by atoms with van der Waals surface area (Å²) in [5, 5.41) is 6.32. The van der Waals surface area contributed by atoms with Crippen LogP contribution >= 0.6 is 0 Å². The maximum atomic E-state index is 13.4. The minimum atomic E-state index is -0.441. The Morgan fingerprint density at radius 1 is 1.11 bits per heavy atom. The average Bonchev–Trinajstić information content (AvgIpc) is 2.88. The van der Waals surface area contributed by atoms with Gasteiger partial charge in [0.1, 0.15) is 0 Å². The number of rotatable bonds is 11. The van der Waals surface area contributed by atoms with Crippen molar-refractivity contribution in [3.05, 3.63) is 71.8 Å². The number of carbonyl (C=O) groups excluding carboxylic acids is 2. The number of urea groups is 1. The molecule has 1 fully saturated rings. The first-order chi connectivity index (χ1) is 17.4. The molecule has 36 heavy (non-hydrogen) atoms. The Morgan fingerprint density at radius 3 is 2.56 bits per heavy atom. The Bertz CT molecular complexity index is 1040. The second-order valence-electron chi connectivity index (χ2n) is 9.12. The normalized spacial score (nSPS) is 13.6. The van der Waals surface area contributed by atoms with Gasteiger partial charge in [-0.25, -0.2) is 9.59 Å². The summed E-state index contributed by atoms with van der Waals surface area (Å²) in [4.78, 5) is 31.7. The van der Waals surface area contributed by atoms with Crippen molar-refractivity contribution in [3.63, 3.8) is 0 Å². The summed E-state index contributed by atoms with van der Waals surface area (Å²) in [7, 11) is 1.34. The molecule has 2 aromatic rings. The van der Waals surface area contributed by atoms with Gasteiger partial charge in [-0.05, 0) is 55.3 Å². The van der Waals surface area contributed by atoms with Gasteiger partial charge in [0.2, 0.25) is 0 Å². The van der Waals surface area contributed by atoms with Crippen molar-refractivity contribution in [2.45, 2.75) is 13.8 Å². The molecule has 0 unspecified atom stereocenters. The molecule has 0 bridgehead atoms. The number of hydrogen-bond donors (Lipinski definition) is 2. The lowest BCUT2D eigenvalue weighted by atomic mass is 10.2. The fourth-order valence-corrected chi connectivity index (χ4v) is 4.34. The van der Waals surface area contributed by atoms with Gasteiger partial charge >= 0.3 is 12.0 Å². The van der Waals surface area contributed by atoms with Crippen LogP contribution in [0.15, 0.2) is 60.7 Å². The van der Waals surface area contributed by atoms with E-state index in [9.17, 15) is 9.59 Å². The number of ether oxygens (including phenoxy) is 1. The van der Waals surface area contributed by atoms with E-state index in [0.29, 0.717) is 30.9 Å². The molecule has 2 aromatic carbocycles. The minimum Gasteiger partial charge on any atom is -0.465 e. The van der Waals surface area contributed by atoms with Gasteiger partial charge in [0.15, 0.2) is 0 Å². The van der Waals surface area contributed by atoms with Gasteiger partial charge in [0, 0.05) is 70.3 Å². The fourth-order valence-electron chi connectivity index (χ4n) is 4.34. The molecule has 0 saturated carbocycles. The number of methoxy groups -OCH3 is 1. The van der Waals surface area contributed by atoms with E-state index in [4.69, 9.17) is 4.74 Å². The van der Waals surface area contributed by atoms with Crippen molar-refractivity contribution >= 4 is 23.4 Å². The Balaban J connectivity index is 1.71. The molecule has 1 saturated heterocycles. The molecular formula is C28H39N5O3. The third-order valence-corrected chi connectivity index (χ3v) is 6.28. The van der Waals surface area contributed by atoms with Gasteiger partial charge in [-0.2, -0.15) is 0 Å². The Kier molecular flexibility index (Phi) is 10.3. The van der Waals surface area contributed by atoms with Crippen LogP contribution in [0.4, 0.5) is 16.2 Å². The van der Waals surface area contributed by atoms with Crippen molar-refractivity contribution in [2.75, 3.05) is 76.2 Å². The molecule has 2 N–H and O–H groups in total. The third kappa shape index (κ3) is 8.10. The van der Waals surface area contributed by atoms with Crippen LogP contribution in [0, 0.1) is 6.92 Å². The van der Waals surface area contributed by atoms with E-state index < -0.39 is 5.97 Å². The number of piperazine rings is 1. The fraction of sp³-hybridized carbons (Fsp3) is 0.429. The van der Waals surface area contributed by atoms with Gasteiger partial charge in [-0.15, -0.1) is 0 Å². The quantitative estimate of drug-likeness (QED) is 0.368. The summed E-state index contributed by atoms with van der Waals surface area (Å²) in [5.74, 6) is -0.441. The number of anilines is 2. The number of likely N-dealkylation sites (N-methyl/N-ethyl adjacent to an activating group) is 1. The first kappa shape index (κ1) is 27.2. The van der Waals surface area contributed by atoms with E-state index in [1.807, 2.05) is 0 Å². The van der Waals surface area contributed by atoms with Crippen molar-refractivity contribution < 1.29 is 14.3 Å². The van der Waals surface area contributed by atoms with Crippen LogP contribution in [0.25, 0.3) is 0 Å².